The third-order valence-corrected chi connectivity index (χ3v) is 5.09. The minimum absolute atomic E-state index is 0.357. The zero-order valence-corrected chi connectivity index (χ0v) is 18.3. The maximum absolute atomic E-state index is 12.8. The fourth-order valence-corrected chi connectivity index (χ4v) is 3.27. The van der Waals surface area contributed by atoms with Crippen LogP contribution in [-0.2, 0) is 9.53 Å². The van der Waals surface area contributed by atoms with Gasteiger partial charge in [0.25, 0.3) is 0 Å². The predicted octanol–water partition coefficient (Wildman–Crippen LogP) is 4.85. The van der Waals surface area contributed by atoms with E-state index in [1.54, 1.807) is 66.7 Å². The van der Waals surface area contributed by atoms with Crippen molar-refractivity contribution in [3.63, 3.8) is 0 Å². The Balaban J connectivity index is 1.85. The summed E-state index contributed by atoms with van der Waals surface area (Å²) >= 11 is 3.38. The molecule has 2 N–H and O–H groups in total. The van der Waals surface area contributed by atoms with E-state index in [9.17, 15) is 14.7 Å². The zero-order valence-electron chi connectivity index (χ0n) is 16.7. The molecule has 31 heavy (non-hydrogen) atoms. The molecule has 0 radical (unpaired) electrons. The second-order valence-electron chi connectivity index (χ2n) is 6.94. The number of rotatable bonds is 8. The van der Waals surface area contributed by atoms with Gasteiger partial charge >= 0.3 is 11.9 Å². The number of benzene rings is 3. The largest absolute Gasteiger partial charge is 0.482 e. The Morgan fingerprint density at radius 2 is 1.61 bits per heavy atom. The van der Waals surface area contributed by atoms with E-state index in [0.717, 1.165) is 10.0 Å². The lowest BCUT2D eigenvalue weighted by Crippen LogP contribution is -2.19. The number of aryl methyl sites for hydroxylation is 1. The van der Waals surface area contributed by atoms with Crippen molar-refractivity contribution in [2.75, 3.05) is 6.61 Å². The standard InChI is InChI=1S/C24H21BrO6/c1-15-3-2-4-18(13-15)24(29)31-23(17-5-9-19(25)10-6-17)22(28)16-7-11-20(12-8-16)30-14-21(26)27/h2-13,22-23,28H,14H2,1H3,(H,26,27). The number of carbonyl (C=O) groups is 2. The number of hydrogen-bond acceptors (Lipinski definition) is 5. The molecule has 0 saturated heterocycles. The van der Waals surface area contributed by atoms with Gasteiger partial charge in [-0.3, -0.25) is 0 Å². The highest BCUT2D eigenvalue weighted by Crippen LogP contribution is 2.34. The normalized spacial score (nSPS) is 12.6. The first kappa shape index (κ1) is 22.5. The van der Waals surface area contributed by atoms with Crippen LogP contribution in [0.4, 0.5) is 0 Å². The van der Waals surface area contributed by atoms with Crippen LogP contribution in [-0.4, -0.2) is 28.8 Å². The Labute approximate surface area is 188 Å². The van der Waals surface area contributed by atoms with E-state index in [1.165, 1.54) is 0 Å². The Bertz CT molecular complexity index is 1050. The average Bonchev–Trinajstić information content (AvgIpc) is 2.76. The molecule has 2 unspecified atom stereocenters. The molecule has 0 bridgehead atoms. The Hall–Kier alpha value is -3.16. The van der Waals surface area contributed by atoms with Crippen molar-refractivity contribution in [1.82, 2.24) is 0 Å². The summed E-state index contributed by atoms with van der Waals surface area (Å²) in [5.41, 5.74) is 2.44. The quantitative estimate of drug-likeness (QED) is 0.443. The summed E-state index contributed by atoms with van der Waals surface area (Å²) in [4.78, 5) is 23.4. The Morgan fingerprint density at radius 3 is 2.23 bits per heavy atom. The molecule has 0 saturated carbocycles. The summed E-state index contributed by atoms with van der Waals surface area (Å²) in [6.45, 7) is 1.42. The molecule has 0 aliphatic heterocycles. The van der Waals surface area contributed by atoms with Crippen LogP contribution in [0.1, 0.15) is 39.3 Å². The van der Waals surface area contributed by atoms with Gasteiger partial charge in [-0.15, -0.1) is 0 Å². The molecule has 0 fully saturated rings. The van der Waals surface area contributed by atoms with Gasteiger partial charge in [-0.25, -0.2) is 9.59 Å². The number of ether oxygens (including phenoxy) is 2. The van der Waals surface area contributed by atoms with Crippen molar-refractivity contribution < 1.29 is 29.3 Å². The number of aliphatic carboxylic acids is 1. The predicted molar refractivity (Wildman–Crippen MR) is 118 cm³/mol. The van der Waals surface area contributed by atoms with E-state index < -0.39 is 30.8 Å². The van der Waals surface area contributed by atoms with Crippen molar-refractivity contribution in [3.8, 4) is 5.75 Å². The number of esters is 1. The molecular weight excluding hydrogens is 464 g/mol. The minimum atomic E-state index is -1.15. The number of halogens is 1. The highest BCUT2D eigenvalue weighted by molar-refractivity contribution is 9.10. The van der Waals surface area contributed by atoms with Gasteiger partial charge < -0.3 is 19.7 Å². The van der Waals surface area contributed by atoms with Crippen LogP contribution in [0.5, 0.6) is 5.75 Å². The fourth-order valence-electron chi connectivity index (χ4n) is 3.00. The molecule has 3 rings (SSSR count). The van der Waals surface area contributed by atoms with E-state index in [4.69, 9.17) is 14.6 Å². The molecule has 0 spiro atoms. The van der Waals surface area contributed by atoms with Crippen molar-refractivity contribution in [1.29, 1.82) is 0 Å². The first-order valence-corrected chi connectivity index (χ1v) is 10.3. The second kappa shape index (κ2) is 10.2. The second-order valence-corrected chi connectivity index (χ2v) is 7.86. The van der Waals surface area contributed by atoms with E-state index in [0.29, 0.717) is 22.4 Å². The fraction of sp³-hybridized carbons (Fsp3) is 0.167. The highest BCUT2D eigenvalue weighted by Gasteiger charge is 2.27. The van der Waals surface area contributed by atoms with Gasteiger partial charge in [0.15, 0.2) is 12.7 Å². The zero-order chi connectivity index (χ0) is 22.4. The van der Waals surface area contributed by atoms with Crippen LogP contribution in [0.3, 0.4) is 0 Å². The van der Waals surface area contributed by atoms with Crippen molar-refractivity contribution in [2.45, 2.75) is 19.1 Å². The van der Waals surface area contributed by atoms with Crippen molar-refractivity contribution in [3.05, 3.63) is 99.5 Å². The monoisotopic (exact) mass is 484 g/mol. The molecule has 0 heterocycles. The summed E-state index contributed by atoms with van der Waals surface area (Å²) in [6.07, 6.45) is -2.10. The first-order chi connectivity index (χ1) is 14.8. The van der Waals surface area contributed by atoms with Crippen molar-refractivity contribution in [2.24, 2.45) is 0 Å². The Kier molecular flexibility index (Phi) is 7.44. The van der Waals surface area contributed by atoms with Crippen LogP contribution in [0.2, 0.25) is 0 Å². The summed E-state index contributed by atoms with van der Waals surface area (Å²) in [7, 11) is 0. The van der Waals surface area contributed by atoms with Gasteiger partial charge in [0.2, 0.25) is 0 Å². The van der Waals surface area contributed by atoms with Gasteiger partial charge in [-0.1, -0.05) is 57.9 Å². The molecule has 0 amide bonds. The third kappa shape index (κ3) is 6.16. The maximum atomic E-state index is 12.8. The highest BCUT2D eigenvalue weighted by atomic mass is 79.9. The van der Waals surface area contributed by atoms with Gasteiger partial charge in [0.05, 0.1) is 5.56 Å². The molecule has 3 aromatic carbocycles. The van der Waals surface area contributed by atoms with E-state index in [-0.39, 0.29) is 0 Å². The number of carboxylic acid groups (broad SMARTS) is 1. The number of aliphatic hydroxyl groups is 1. The summed E-state index contributed by atoms with van der Waals surface area (Å²) in [5.74, 6) is -1.27. The van der Waals surface area contributed by atoms with Crippen LogP contribution in [0, 0.1) is 6.92 Å². The molecule has 6 nitrogen and oxygen atoms in total. The topological polar surface area (TPSA) is 93.1 Å². The smallest absolute Gasteiger partial charge is 0.341 e. The van der Waals surface area contributed by atoms with Crippen LogP contribution in [0.15, 0.2) is 77.3 Å². The number of aliphatic hydroxyl groups excluding tert-OH is 1. The number of hydrogen-bond donors (Lipinski definition) is 2. The molecule has 160 valence electrons. The number of carboxylic acids is 1. The van der Waals surface area contributed by atoms with E-state index in [1.807, 2.05) is 13.0 Å². The molecule has 0 aromatic heterocycles. The molecule has 7 heteroatoms. The lowest BCUT2D eigenvalue weighted by Gasteiger charge is -2.24. The number of carbonyl (C=O) groups excluding carboxylic acids is 1. The summed E-state index contributed by atoms with van der Waals surface area (Å²) in [6, 6.07) is 20.5. The van der Waals surface area contributed by atoms with E-state index in [2.05, 4.69) is 15.9 Å². The first-order valence-electron chi connectivity index (χ1n) is 9.49. The van der Waals surface area contributed by atoms with Crippen LogP contribution >= 0.6 is 15.9 Å². The minimum Gasteiger partial charge on any atom is -0.482 e. The van der Waals surface area contributed by atoms with Gasteiger partial charge in [-0.2, -0.15) is 0 Å². The Morgan fingerprint density at radius 1 is 0.968 bits per heavy atom. The van der Waals surface area contributed by atoms with Gasteiger partial charge in [0.1, 0.15) is 11.9 Å². The third-order valence-electron chi connectivity index (χ3n) is 4.56. The lowest BCUT2D eigenvalue weighted by molar-refractivity contribution is -0.139. The molecule has 3 aromatic rings. The van der Waals surface area contributed by atoms with Gasteiger partial charge in [0, 0.05) is 4.47 Å². The summed E-state index contributed by atoms with van der Waals surface area (Å²) < 4.78 is 11.7. The van der Waals surface area contributed by atoms with Crippen molar-refractivity contribution >= 4 is 27.9 Å². The maximum Gasteiger partial charge on any atom is 0.341 e. The molecule has 0 aliphatic rings. The van der Waals surface area contributed by atoms with Crippen LogP contribution < -0.4 is 4.74 Å². The molecule has 0 aliphatic carbocycles. The molecule has 2 atom stereocenters. The SMILES string of the molecule is Cc1cccc(C(=O)OC(c2ccc(Br)cc2)C(O)c2ccc(OCC(=O)O)cc2)c1. The molecular formula is C24H21BrO6. The summed E-state index contributed by atoms with van der Waals surface area (Å²) in [5, 5.41) is 19.8. The van der Waals surface area contributed by atoms with E-state index >= 15 is 0 Å². The van der Waals surface area contributed by atoms with Crippen LogP contribution in [0.25, 0.3) is 0 Å². The lowest BCUT2D eigenvalue weighted by atomic mass is 9.98. The van der Waals surface area contributed by atoms with Gasteiger partial charge in [-0.05, 0) is 54.4 Å². The average molecular weight is 485 g/mol.